The molecule has 106 valence electrons. The van der Waals surface area contributed by atoms with E-state index in [1.165, 1.54) is 4.68 Å². The van der Waals surface area contributed by atoms with Gasteiger partial charge in [0.05, 0.1) is 19.0 Å². The number of hydrogen-bond acceptors (Lipinski definition) is 4. The Labute approximate surface area is 122 Å². The van der Waals surface area contributed by atoms with E-state index in [2.05, 4.69) is 10.4 Å². The Morgan fingerprint density at radius 1 is 1.35 bits per heavy atom. The van der Waals surface area contributed by atoms with Gasteiger partial charge in [0, 0.05) is 13.1 Å². The number of benzene rings is 1. The maximum Gasteiger partial charge on any atom is 0.287 e. The molecule has 0 saturated heterocycles. The smallest absolute Gasteiger partial charge is 0.287 e. The predicted molar refractivity (Wildman–Crippen MR) is 79.5 cm³/mol. The summed E-state index contributed by atoms with van der Waals surface area (Å²) in [6.07, 6.45) is 1.57. The van der Waals surface area contributed by atoms with Gasteiger partial charge >= 0.3 is 0 Å². The molecule has 0 fully saturated rings. The summed E-state index contributed by atoms with van der Waals surface area (Å²) in [4.78, 5) is 11.8. The first-order valence-corrected chi connectivity index (χ1v) is 6.66. The number of nitrogens with zero attached hydrogens (tertiary/aromatic N) is 2. The zero-order valence-electron chi connectivity index (χ0n) is 11.4. The Morgan fingerprint density at radius 3 is 2.65 bits per heavy atom. The van der Waals surface area contributed by atoms with E-state index in [1.54, 1.807) is 13.3 Å². The molecule has 6 heteroatoms. The van der Waals surface area contributed by atoms with Crippen molar-refractivity contribution in [2.24, 2.45) is 0 Å². The molecule has 2 rings (SSSR count). The number of aromatic nitrogens is 2. The molecule has 0 atom stereocenters. The van der Waals surface area contributed by atoms with Crippen LogP contribution in [0.1, 0.15) is 12.5 Å². The zero-order valence-corrected chi connectivity index (χ0v) is 12.1. The molecule has 1 N–H and O–H groups in total. The average Bonchev–Trinajstić information content (AvgIpc) is 2.49. The average molecular weight is 294 g/mol. The van der Waals surface area contributed by atoms with Crippen molar-refractivity contribution < 1.29 is 4.74 Å². The van der Waals surface area contributed by atoms with Crippen molar-refractivity contribution in [3.8, 4) is 5.75 Å². The number of hydrogen-bond donors (Lipinski definition) is 1. The lowest BCUT2D eigenvalue weighted by Gasteiger charge is -2.09. The molecule has 0 bridgehead atoms. The summed E-state index contributed by atoms with van der Waals surface area (Å²) < 4.78 is 6.42. The Balaban J connectivity index is 2.10. The summed E-state index contributed by atoms with van der Waals surface area (Å²) in [6.45, 7) is 2.90. The van der Waals surface area contributed by atoms with Crippen LogP contribution in [0.25, 0.3) is 0 Å². The van der Waals surface area contributed by atoms with Gasteiger partial charge < -0.3 is 10.1 Å². The number of methoxy groups -OCH3 is 1. The predicted octanol–water partition coefficient (Wildman–Crippen LogP) is 2.54. The first kappa shape index (κ1) is 14.4. The van der Waals surface area contributed by atoms with Crippen molar-refractivity contribution >= 4 is 17.3 Å². The molecule has 1 aromatic heterocycles. The first-order valence-electron chi connectivity index (χ1n) is 6.28. The molecular weight excluding hydrogens is 278 g/mol. The molecule has 0 aliphatic carbocycles. The third-order valence-corrected chi connectivity index (χ3v) is 3.29. The van der Waals surface area contributed by atoms with E-state index < -0.39 is 0 Å². The highest BCUT2D eigenvalue weighted by Crippen LogP contribution is 2.17. The van der Waals surface area contributed by atoms with Crippen molar-refractivity contribution in [2.45, 2.75) is 20.0 Å². The van der Waals surface area contributed by atoms with Crippen molar-refractivity contribution in [1.29, 1.82) is 0 Å². The SMILES string of the molecule is CCn1ncc(NCc2ccc(OC)cc2)c(Cl)c1=O. The second-order valence-electron chi connectivity index (χ2n) is 4.19. The van der Waals surface area contributed by atoms with Crippen LogP contribution in [0.15, 0.2) is 35.3 Å². The van der Waals surface area contributed by atoms with Gasteiger partial charge in [-0.3, -0.25) is 4.79 Å². The highest BCUT2D eigenvalue weighted by molar-refractivity contribution is 6.32. The minimum Gasteiger partial charge on any atom is -0.497 e. The molecule has 0 radical (unpaired) electrons. The monoisotopic (exact) mass is 293 g/mol. The van der Waals surface area contributed by atoms with Crippen LogP contribution in [0.3, 0.4) is 0 Å². The van der Waals surface area contributed by atoms with Gasteiger partial charge in [-0.1, -0.05) is 23.7 Å². The lowest BCUT2D eigenvalue weighted by Crippen LogP contribution is -2.23. The van der Waals surface area contributed by atoms with Crippen LogP contribution in [-0.4, -0.2) is 16.9 Å². The topological polar surface area (TPSA) is 56.1 Å². The Bertz CT molecular complexity index is 638. The van der Waals surface area contributed by atoms with Crippen LogP contribution in [0.5, 0.6) is 5.75 Å². The summed E-state index contributed by atoms with van der Waals surface area (Å²) in [7, 11) is 1.63. The fourth-order valence-electron chi connectivity index (χ4n) is 1.75. The van der Waals surface area contributed by atoms with Crippen molar-refractivity contribution in [1.82, 2.24) is 9.78 Å². The lowest BCUT2D eigenvalue weighted by atomic mass is 10.2. The van der Waals surface area contributed by atoms with Crippen molar-refractivity contribution in [2.75, 3.05) is 12.4 Å². The number of anilines is 1. The number of nitrogens with one attached hydrogen (secondary N) is 1. The lowest BCUT2D eigenvalue weighted by molar-refractivity contribution is 0.414. The van der Waals surface area contributed by atoms with Gasteiger partial charge in [-0.25, -0.2) is 4.68 Å². The Hall–Kier alpha value is -2.01. The largest absolute Gasteiger partial charge is 0.497 e. The summed E-state index contributed by atoms with van der Waals surface area (Å²) in [5.41, 5.74) is 1.31. The van der Waals surface area contributed by atoms with Crippen LogP contribution < -0.4 is 15.6 Å². The van der Waals surface area contributed by atoms with Gasteiger partial charge in [0.25, 0.3) is 5.56 Å². The summed E-state index contributed by atoms with van der Waals surface area (Å²) in [6, 6.07) is 7.65. The van der Waals surface area contributed by atoms with E-state index >= 15 is 0 Å². The molecule has 0 amide bonds. The van der Waals surface area contributed by atoms with Gasteiger partial charge in [-0.15, -0.1) is 0 Å². The maximum absolute atomic E-state index is 11.8. The quantitative estimate of drug-likeness (QED) is 0.920. The Morgan fingerprint density at radius 2 is 2.05 bits per heavy atom. The zero-order chi connectivity index (χ0) is 14.5. The first-order chi connectivity index (χ1) is 9.65. The van der Waals surface area contributed by atoms with E-state index in [-0.39, 0.29) is 10.6 Å². The highest BCUT2D eigenvalue weighted by atomic mass is 35.5. The van der Waals surface area contributed by atoms with Gasteiger partial charge in [-0.05, 0) is 24.6 Å². The minimum atomic E-state index is -0.283. The fourth-order valence-corrected chi connectivity index (χ4v) is 1.97. The third kappa shape index (κ3) is 3.11. The summed E-state index contributed by atoms with van der Waals surface area (Å²) in [5.74, 6) is 0.805. The van der Waals surface area contributed by atoms with E-state index in [0.717, 1.165) is 11.3 Å². The van der Waals surface area contributed by atoms with Crippen LogP contribution in [0.4, 0.5) is 5.69 Å². The Kier molecular flexibility index (Phi) is 4.63. The van der Waals surface area contributed by atoms with Crippen LogP contribution in [0, 0.1) is 0 Å². The number of halogens is 1. The van der Waals surface area contributed by atoms with Gasteiger partial charge in [0.1, 0.15) is 10.8 Å². The molecule has 20 heavy (non-hydrogen) atoms. The van der Waals surface area contributed by atoms with Gasteiger partial charge in [0.2, 0.25) is 0 Å². The van der Waals surface area contributed by atoms with E-state index in [4.69, 9.17) is 16.3 Å². The molecule has 1 aromatic carbocycles. The molecule has 0 aliphatic heterocycles. The third-order valence-electron chi connectivity index (χ3n) is 2.93. The molecule has 2 aromatic rings. The van der Waals surface area contributed by atoms with Crippen LogP contribution in [-0.2, 0) is 13.1 Å². The van der Waals surface area contributed by atoms with E-state index in [9.17, 15) is 4.79 Å². The fraction of sp³-hybridized carbons (Fsp3) is 0.286. The second kappa shape index (κ2) is 6.43. The van der Waals surface area contributed by atoms with Crippen LogP contribution in [0.2, 0.25) is 5.02 Å². The highest BCUT2D eigenvalue weighted by Gasteiger charge is 2.07. The van der Waals surface area contributed by atoms with Crippen molar-refractivity contribution in [3.05, 3.63) is 51.4 Å². The van der Waals surface area contributed by atoms with Crippen molar-refractivity contribution in [3.63, 3.8) is 0 Å². The molecule has 0 unspecified atom stereocenters. The molecule has 0 spiro atoms. The molecule has 0 aliphatic rings. The number of ether oxygens (including phenoxy) is 1. The molecule has 0 saturated carbocycles. The number of aryl methyl sites for hydroxylation is 1. The van der Waals surface area contributed by atoms with Crippen LogP contribution >= 0.6 is 11.6 Å². The number of rotatable bonds is 5. The van der Waals surface area contributed by atoms with E-state index in [1.807, 2.05) is 31.2 Å². The molecule has 5 nitrogen and oxygen atoms in total. The standard InChI is InChI=1S/C14H16ClN3O2/c1-3-18-14(19)13(15)12(9-17-18)16-8-10-4-6-11(20-2)7-5-10/h4-7,9,16H,3,8H2,1-2H3. The van der Waals surface area contributed by atoms with Gasteiger partial charge in [-0.2, -0.15) is 5.10 Å². The molecular formula is C14H16ClN3O2. The second-order valence-corrected chi connectivity index (χ2v) is 4.57. The summed E-state index contributed by atoms with van der Waals surface area (Å²) >= 11 is 6.04. The van der Waals surface area contributed by atoms with Gasteiger partial charge in [0.15, 0.2) is 0 Å². The summed E-state index contributed by atoms with van der Waals surface area (Å²) in [5, 5.41) is 7.31. The normalized spacial score (nSPS) is 10.3. The van der Waals surface area contributed by atoms with E-state index in [0.29, 0.717) is 18.8 Å². The minimum absolute atomic E-state index is 0.162. The molecule has 1 heterocycles. The maximum atomic E-state index is 11.8.